The van der Waals surface area contributed by atoms with Crippen LogP contribution < -0.4 is 5.32 Å². The monoisotopic (exact) mass is 485 g/mol. The number of esters is 1. The lowest BCUT2D eigenvalue weighted by atomic mass is 10.2. The van der Waals surface area contributed by atoms with Crippen molar-refractivity contribution in [2.24, 2.45) is 0 Å². The number of rotatable bonds is 6. The van der Waals surface area contributed by atoms with Crippen LogP contribution in [-0.4, -0.2) is 18.0 Å². The first-order valence-corrected chi connectivity index (χ1v) is 11.2. The van der Waals surface area contributed by atoms with Crippen LogP contribution in [0.15, 0.2) is 47.2 Å². The van der Waals surface area contributed by atoms with E-state index in [1.54, 1.807) is 6.08 Å². The molecule has 0 saturated carbocycles. The Morgan fingerprint density at radius 1 is 1.03 bits per heavy atom. The first-order valence-electron chi connectivity index (χ1n) is 8.30. The summed E-state index contributed by atoms with van der Waals surface area (Å²) in [7, 11) is 0. The molecule has 1 aromatic carbocycles. The molecule has 150 valence electrons. The third kappa shape index (κ3) is 5.62. The zero-order valence-corrected chi connectivity index (χ0v) is 18.8. The normalized spacial score (nSPS) is 12.5. The Balaban J connectivity index is 1.74. The molecule has 0 radical (unpaired) electrons. The highest BCUT2D eigenvalue weighted by molar-refractivity contribution is 7.12. The molecule has 29 heavy (non-hydrogen) atoms. The quantitative estimate of drug-likeness (QED) is 0.235. The van der Waals surface area contributed by atoms with E-state index in [1.165, 1.54) is 41.7 Å². The molecular formula is C20H14Cl3NO3S2. The Morgan fingerprint density at radius 2 is 1.72 bits per heavy atom. The molecule has 0 aliphatic heterocycles. The van der Waals surface area contributed by atoms with Crippen LogP contribution in [0.5, 0.6) is 0 Å². The van der Waals surface area contributed by atoms with Gasteiger partial charge in [-0.05, 0) is 48.0 Å². The summed E-state index contributed by atoms with van der Waals surface area (Å²) < 4.78 is 5.40. The third-order valence-electron chi connectivity index (χ3n) is 3.76. The summed E-state index contributed by atoms with van der Waals surface area (Å²) in [5.74, 6) is -1.14. The van der Waals surface area contributed by atoms with Gasteiger partial charge in [-0.3, -0.25) is 4.79 Å². The van der Waals surface area contributed by atoms with Crippen molar-refractivity contribution >= 4 is 86.7 Å². The number of nitrogens with one attached hydrogen (secondary N) is 1. The average molecular weight is 487 g/mol. The standard InChI is InChI=1S/C20H14Cl3NO3S2/c1-11(19(25)24-17-10-15(22)14(21)9-16(17)23)27-20(26)13(18-5-3-7-29-18)8-12-4-2-6-28-12/h2-11H,1H3,(H,24,25)/b13-8+/t11-/m1/s1. The van der Waals surface area contributed by atoms with Crippen molar-refractivity contribution in [1.29, 1.82) is 0 Å². The maximum atomic E-state index is 12.8. The molecule has 9 heteroatoms. The van der Waals surface area contributed by atoms with Gasteiger partial charge in [-0.2, -0.15) is 0 Å². The highest BCUT2D eigenvalue weighted by Crippen LogP contribution is 2.32. The lowest BCUT2D eigenvalue weighted by Gasteiger charge is -2.15. The molecular weight excluding hydrogens is 473 g/mol. The van der Waals surface area contributed by atoms with Gasteiger partial charge in [0.1, 0.15) is 0 Å². The van der Waals surface area contributed by atoms with Gasteiger partial charge in [0.05, 0.1) is 26.3 Å². The molecule has 0 saturated heterocycles. The van der Waals surface area contributed by atoms with Crippen LogP contribution in [0.3, 0.4) is 0 Å². The maximum absolute atomic E-state index is 12.8. The SMILES string of the molecule is C[C@@H](OC(=O)/C(=C/c1cccs1)c1cccs1)C(=O)Nc1cc(Cl)c(Cl)cc1Cl. The van der Waals surface area contributed by atoms with Crippen molar-refractivity contribution in [2.75, 3.05) is 5.32 Å². The van der Waals surface area contributed by atoms with Crippen LogP contribution in [0.1, 0.15) is 16.7 Å². The lowest BCUT2D eigenvalue weighted by Crippen LogP contribution is -2.30. The summed E-state index contributed by atoms with van der Waals surface area (Å²) in [5.41, 5.74) is 0.663. The van der Waals surface area contributed by atoms with Gasteiger partial charge < -0.3 is 10.1 Å². The van der Waals surface area contributed by atoms with E-state index in [9.17, 15) is 9.59 Å². The van der Waals surface area contributed by atoms with Gasteiger partial charge in [0, 0.05) is 9.75 Å². The predicted molar refractivity (Wildman–Crippen MR) is 122 cm³/mol. The van der Waals surface area contributed by atoms with E-state index in [-0.39, 0.29) is 20.8 Å². The summed E-state index contributed by atoms with van der Waals surface area (Å²) in [6.07, 6.45) is 0.693. The van der Waals surface area contributed by atoms with Gasteiger partial charge in [0.2, 0.25) is 0 Å². The molecule has 1 amide bonds. The fraction of sp³-hybridized carbons (Fsp3) is 0.100. The number of ether oxygens (including phenoxy) is 1. The van der Waals surface area contributed by atoms with E-state index < -0.39 is 18.0 Å². The van der Waals surface area contributed by atoms with Gasteiger partial charge in [0.25, 0.3) is 5.91 Å². The second-order valence-corrected chi connectivity index (χ2v) is 8.98. The van der Waals surface area contributed by atoms with Gasteiger partial charge in [-0.15, -0.1) is 22.7 Å². The maximum Gasteiger partial charge on any atom is 0.340 e. The molecule has 0 aliphatic carbocycles. The van der Waals surface area contributed by atoms with Crippen molar-refractivity contribution in [1.82, 2.24) is 0 Å². The number of halogens is 3. The molecule has 3 aromatic rings. The first-order chi connectivity index (χ1) is 13.8. The summed E-state index contributed by atoms with van der Waals surface area (Å²) in [6.45, 7) is 1.48. The molecule has 4 nitrogen and oxygen atoms in total. The average Bonchev–Trinajstić information content (AvgIpc) is 3.37. The molecule has 2 heterocycles. The third-order valence-corrected chi connectivity index (χ3v) is 6.51. The molecule has 1 atom stereocenters. The van der Waals surface area contributed by atoms with Crippen molar-refractivity contribution in [3.05, 3.63) is 72.0 Å². The molecule has 2 aromatic heterocycles. The number of thiophene rings is 2. The zero-order valence-electron chi connectivity index (χ0n) is 14.9. The van der Waals surface area contributed by atoms with Crippen LogP contribution in [0, 0.1) is 0 Å². The molecule has 0 aliphatic rings. The summed E-state index contributed by atoms with van der Waals surface area (Å²) in [6, 6.07) is 10.3. The van der Waals surface area contributed by atoms with E-state index in [1.807, 2.05) is 35.0 Å². The first kappa shape index (κ1) is 21.9. The van der Waals surface area contributed by atoms with E-state index in [4.69, 9.17) is 39.5 Å². The summed E-state index contributed by atoms with van der Waals surface area (Å²) in [4.78, 5) is 26.9. The second-order valence-electron chi connectivity index (χ2n) is 5.83. The molecule has 3 rings (SSSR count). The van der Waals surface area contributed by atoms with Crippen molar-refractivity contribution in [2.45, 2.75) is 13.0 Å². The highest BCUT2D eigenvalue weighted by Gasteiger charge is 2.23. The van der Waals surface area contributed by atoms with Crippen LogP contribution in [0.4, 0.5) is 5.69 Å². The van der Waals surface area contributed by atoms with E-state index in [2.05, 4.69) is 5.32 Å². The minimum absolute atomic E-state index is 0.225. The van der Waals surface area contributed by atoms with Crippen LogP contribution in [-0.2, 0) is 14.3 Å². The largest absolute Gasteiger partial charge is 0.449 e. The highest BCUT2D eigenvalue weighted by atomic mass is 35.5. The van der Waals surface area contributed by atoms with E-state index in [0.717, 1.165) is 9.75 Å². The lowest BCUT2D eigenvalue weighted by molar-refractivity contribution is -0.147. The van der Waals surface area contributed by atoms with Crippen molar-refractivity contribution < 1.29 is 14.3 Å². The number of benzene rings is 1. The van der Waals surface area contributed by atoms with Crippen LogP contribution >= 0.6 is 57.5 Å². The Hall–Kier alpha value is -1.83. The van der Waals surface area contributed by atoms with Crippen molar-refractivity contribution in [3.63, 3.8) is 0 Å². The number of anilines is 1. The fourth-order valence-electron chi connectivity index (χ4n) is 2.31. The van der Waals surface area contributed by atoms with E-state index in [0.29, 0.717) is 5.57 Å². The Kier molecular flexibility index (Phi) is 7.38. The number of hydrogen-bond donors (Lipinski definition) is 1. The molecule has 0 spiro atoms. The Morgan fingerprint density at radius 3 is 2.38 bits per heavy atom. The summed E-state index contributed by atoms with van der Waals surface area (Å²) in [5, 5.41) is 7.12. The van der Waals surface area contributed by atoms with Crippen molar-refractivity contribution in [3.8, 4) is 0 Å². The molecule has 1 N–H and O–H groups in total. The van der Waals surface area contributed by atoms with Gasteiger partial charge in [-0.25, -0.2) is 4.79 Å². The number of hydrogen-bond acceptors (Lipinski definition) is 5. The molecule has 0 unspecified atom stereocenters. The van der Waals surface area contributed by atoms with Crippen LogP contribution in [0.2, 0.25) is 15.1 Å². The van der Waals surface area contributed by atoms with Gasteiger partial charge in [0.15, 0.2) is 6.10 Å². The second kappa shape index (κ2) is 9.78. The van der Waals surface area contributed by atoms with E-state index >= 15 is 0 Å². The smallest absolute Gasteiger partial charge is 0.340 e. The van der Waals surface area contributed by atoms with Gasteiger partial charge >= 0.3 is 5.97 Å². The minimum Gasteiger partial charge on any atom is -0.449 e. The molecule has 0 fully saturated rings. The van der Waals surface area contributed by atoms with Crippen LogP contribution in [0.25, 0.3) is 11.6 Å². The van der Waals surface area contributed by atoms with Gasteiger partial charge in [-0.1, -0.05) is 46.9 Å². The minimum atomic E-state index is -1.06. The molecule has 0 bridgehead atoms. The zero-order chi connectivity index (χ0) is 21.0. The fourth-order valence-corrected chi connectivity index (χ4v) is 4.29. The summed E-state index contributed by atoms with van der Waals surface area (Å²) >= 11 is 20.9. The Labute approximate surface area is 190 Å². The number of amides is 1. The number of carbonyl (C=O) groups is 2. The predicted octanol–water partition coefficient (Wildman–Crippen LogP) is 6.88. The Bertz CT molecular complexity index is 1050. The topological polar surface area (TPSA) is 55.4 Å². The number of carbonyl (C=O) groups excluding carboxylic acids is 2.